The predicted octanol–water partition coefficient (Wildman–Crippen LogP) is 3.17. The van der Waals surface area contributed by atoms with Crippen LogP contribution in [0.2, 0.25) is 0 Å². The first-order valence-electron chi connectivity index (χ1n) is 9.24. The van der Waals surface area contributed by atoms with Gasteiger partial charge in [0.15, 0.2) is 5.96 Å². The molecule has 1 heterocycles. The van der Waals surface area contributed by atoms with Gasteiger partial charge in [0.05, 0.1) is 0 Å². The zero-order valence-corrected chi connectivity index (χ0v) is 15.2. The van der Waals surface area contributed by atoms with E-state index >= 15 is 0 Å². The Kier molecular flexibility index (Phi) is 8.39. The number of rotatable bonds is 7. The molecule has 0 unspecified atom stereocenters. The largest absolute Gasteiger partial charge is 0.357 e. The zero-order chi connectivity index (χ0) is 17.0. The smallest absolute Gasteiger partial charge is 0.191 e. The van der Waals surface area contributed by atoms with Crippen molar-refractivity contribution in [2.45, 2.75) is 45.7 Å². The van der Waals surface area contributed by atoms with Crippen LogP contribution in [0.25, 0.3) is 0 Å². The minimum Gasteiger partial charge on any atom is -0.357 e. The van der Waals surface area contributed by atoms with Crippen molar-refractivity contribution in [3.63, 3.8) is 0 Å². The van der Waals surface area contributed by atoms with Crippen molar-refractivity contribution >= 4 is 5.96 Å². The Bertz CT molecular complexity index is 502. The molecule has 0 spiro atoms. The van der Waals surface area contributed by atoms with Crippen molar-refractivity contribution in [2.75, 3.05) is 26.2 Å². The van der Waals surface area contributed by atoms with E-state index in [0.717, 1.165) is 45.1 Å². The van der Waals surface area contributed by atoms with Gasteiger partial charge in [-0.3, -0.25) is 9.89 Å². The summed E-state index contributed by atoms with van der Waals surface area (Å²) in [7, 11) is 0. The van der Waals surface area contributed by atoms with Gasteiger partial charge in [-0.25, -0.2) is 0 Å². The number of piperidine rings is 1. The molecule has 1 aromatic rings. The second-order valence-corrected chi connectivity index (χ2v) is 6.30. The van der Waals surface area contributed by atoms with Gasteiger partial charge in [0.1, 0.15) is 0 Å². The van der Waals surface area contributed by atoms with Gasteiger partial charge >= 0.3 is 0 Å². The average molecular weight is 329 g/mol. The number of likely N-dealkylation sites (tertiary alicyclic amines) is 1. The molecular formula is C20H32N4. The molecule has 4 nitrogen and oxygen atoms in total. The molecule has 0 aromatic heterocycles. The fourth-order valence-corrected chi connectivity index (χ4v) is 3.01. The minimum absolute atomic E-state index is 0.525. The predicted molar refractivity (Wildman–Crippen MR) is 103 cm³/mol. The summed E-state index contributed by atoms with van der Waals surface area (Å²) >= 11 is 0. The molecule has 2 rings (SSSR count). The lowest BCUT2D eigenvalue weighted by atomic mass is 10.0. The molecule has 0 radical (unpaired) electrons. The quantitative estimate of drug-likeness (QED) is 0.349. The monoisotopic (exact) mass is 328 g/mol. The highest BCUT2D eigenvalue weighted by atomic mass is 15.2. The molecule has 0 amide bonds. The molecule has 24 heavy (non-hydrogen) atoms. The number of benzene rings is 1. The van der Waals surface area contributed by atoms with Crippen LogP contribution in [0.1, 0.15) is 38.7 Å². The lowest BCUT2D eigenvalue weighted by molar-refractivity contribution is 0.198. The van der Waals surface area contributed by atoms with Gasteiger partial charge in [0, 0.05) is 38.8 Å². The van der Waals surface area contributed by atoms with E-state index in [-0.39, 0.29) is 0 Å². The number of nitrogens with one attached hydrogen (secondary N) is 2. The summed E-state index contributed by atoms with van der Waals surface area (Å²) in [6.07, 6.45) is 7.59. The van der Waals surface area contributed by atoms with Gasteiger partial charge in [0.2, 0.25) is 0 Å². The molecule has 2 N–H and O–H groups in total. The Morgan fingerprint density at radius 2 is 2.00 bits per heavy atom. The number of nitrogens with zero attached hydrogens (tertiary/aromatic N) is 2. The number of hydrogen-bond donors (Lipinski definition) is 2. The first kappa shape index (κ1) is 18.5. The minimum atomic E-state index is 0.525. The molecule has 0 saturated carbocycles. The maximum Gasteiger partial charge on any atom is 0.191 e. The molecule has 4 heteroatoms. The summed E-state index contributed by atoms with van der Waals surface area (Å²) < 4.78 is 0. The molecule has 0 atom stereocenters. The third kappa shape index (κ3) is 6.75. The Hall–Kier alpha value is -1.81. The van der Waals surface area contributed by atoms with E-state index in [1.165, 1.54) is 18.4 Å². The summed E-state index contributed by atoms with van der Waals surface area (Å²) in [5.41, 5.74) is 1.41. The molecule has 1 aliphatic rings. The molecule has 1 aliphatic heterocycles. The average Bonchev–Trinajstić information content (AvgIpc) is 2.61. The van der Waals surface area contributed by atoms with Crippen LogP contribution in [0.4, 0.5) is 0 Å². The van der Waals surface area contributed by atoms with Crippen molar-refractivity contribution < 1.29 is 0 Å². The van der Waals surface area contributed by atoms with Crippen molar-refractivity contribution in [3.05, 3.63) is 48.0 Å². The number of allylic oxidation sites excluding steroid dienone is 1. The molecule has 1 fully saturated rings. The third-order valence-corrected chi connectivity index (χ3v) is 4.32. The van der Waals surface area contributed by atoms with Crippen molar-refractivity contribution in [1.82, 2.24) is 15.5 Å². The lowest BCUT2D eigenvalue weighted by Gasteiger charge is -2.33. The van der Waals surface area contributed by atoms with Gasteiger partial charge in [-0.2, -0.15) is 0 Å². The van der Waals surface area contributed by atoms with Gasteiger partial charge in [-0.05, 0) is 38.7 Å². The van der Waals surface area contributed by atoms with E-state index in [1.54, 1.807) is 0 Å². The normalized spacial score (nSPS) is 17.3. The van der Waals surface area contributed by atoms with Gasteiger partial charge in [0.25, 0.3) is 0 Å². The van der Waals surface area contributed by atoms with E-state index in [4.69, 9.17) is 0 Å². The van der Waals surface area contributed by atoms with Gasteiger partial charge in [-0.1, -0.05) is 42.5 Å². The summed E-state index contributed by atoms with van der Waals surface area (Å²) in [5.74, 6) is 0.962. The van der Waals surface area contributed by atoms with E-state index in [1.807, 2.05) is 0 Å². The summed E-state index contributed by atoms with van der Waals surface area (Å²) in [4.78, 5) is 7.21. The third-order valence-electron chi connectivity index (χ3n) is 4.32. The molecule has 1 aromatic carbocycles. The SMILES string of the molecule is CC=CCCN=C(NCC)NC1CCN(Cc2ccccc2)CC1. The van der Waals surface area contributed by atoms with Crippen LogP contribution in [0.5, 0.6) is 0 Å². The highest BCUT2D eigenvalue weighted by Gasteiger charge is 2.19. The Morgan fingerprint density at radius 3 is 2.67 bits per heavy atom. The van der Waals surface area contributed by atoms with Crippen LogP contribution in [-0.2, 0) is 6.54 Å². The number of aliphatic imine (C=N–C) groups is 1. The van der Waals surface area contributed by atoms with Gasteiger partial charge < -0.3 is 10.6 Å². The lowest BCUT2D eigenvalue weighted by Crippen LogP contribution is -2.48. The number of hydrogen-bond acceptors (Lipinski definition) is 2. The van der Waals surface area contributed by atoms with E-state index in [2.05, 4.69) is 76.9 Å². The second kappa shape index (κ2) is 10.9. The Morgan fingerprint density at radius 1 is 1.25 bits per heavy atom. The fraction of sp³-hybridized carbons (Fsp3) is 0.550. The van der Waals surface area contributed by atoms with Crippen LogP contribution in [-0.4, -0.2) is 43.1 Å². The van der Waals surface area contributed by atoms with Crippen molar-refractivity contribution in [2.24, 2.45) is 4.99 Å². The summed E-state index contributed by atoms with van der Waals surface area (Å²) in [6.45, 7) is 9.26. The van der Waals surface area contributed by atoms with Crippen LogP contribution in [0.3, 0.4) is 0 Å². The van der Waals surface area contributed by atoms with Crippen LogP contribution in [0, 0.1) is 0 Å². The number of guanidine groups is 1. The Balaban J connectivity index is 1.75. The van der Waals surface area contributed by atoms with Crippen LogP contribution < -0.4 is 10.6 Å². The fourth-order valence-electron chi connectivity index (χ4n) is 3.01. The van der Waals surface area contributed by atoms with E-state index < -0.39 is 0 Å². The second-order valence-electron chi connectivity index (χ2n) is 6.30. The van der Waals surface area contributed by atoms with Crippen LogP contribution >= 0.6 is 0 Å². The topological polar surface area (TPSA) is 39.7 Å². The highest BCUT2D eigenvalue weighted by Crippen LogP contribution is 2.13. The Labute approximate surface area is 147 Å². The van der Waals surface area contributed by atoms with Crippen molar-refractivity contribution in [3.8, 4) is 0 Å². The highest BCUT2D eigenvalue weighted by molar-refractivity contribution is 5.80. The first-order chi connectivity index (χ1) is 11.8. The van der Waals surface area contributed by atoms with Gasteiger partial charge in [-0.15, -0.1) is 0 Å². The molecule has 132 valence electrons. The molecule has 1 saturated heterocycles. The van der Waals surface area contributed by atoms with E-state index in [9.17, 15) is 0 Å². The maximum atomic E-state index is 4.66. The van der Waals surface area contributed by atoms with Crippen LogP contribution in [0.15, 0.2) is 47.5 Å². The van der Waals surface area contributed by atoms with Crippen molar-refractivity contribution in [1.29, 1.82) is 0 Å². The zero-order valence-electron chi connectivity index (χ0n) is 15.2. The van der Waals surface area contributed by atoms with E-state index in [0.29, 0.717) is 6.04 Å². The summed E-state index contributed by atoms with van der Waals surface area (Å²) in [5, 5.41) is 6.97. The first-order valence-corrected chi connectivity index (χ1v) is 9.24. The summed E-state index contributed by atoms with van der Waals surface area (Å²) in [6, 6.07) is 11.3. The molecule has 0 bridgehead atoms. The standard InChI is InChI=1S/C20H32N4/c1-3-5-9-14-22-20(21-4-2)23-19-12-15-24(16-13-19)17-18-10-7-6-8-11-18/h3,5-8,10-11,19H,4,9,12-17H2,1-2H3,(H2,21,22,23). The molecular weight excluding hydrogens is 296 g/mol. The molecule has 0 aliphatic carbocycles. The maximum absolute atomic E-state index is 4.66.